The van der Waals surface area contributed by atoms with Gasteiger partial charge in [0.15, 0.2) is 0 Å². The van der Waals surface area contributed by atoms with E-state index >= 15 is 0 Å². The molecule has 0 saturated heterocycles. The second kappa shape index (κ2) is 7.10. The van der Waals surface area contributed by atoms with E-state index in [0.717, 1.165) is 18.4 Å². The van der Waals surface area contributed by atoms with Crippen LogP contribution < -0.4 is 5.73 Å². The molecular formula is C16H19ClN4O2. The largest absolute Gasteiger partial charge is 0.419 e. The third-order valence-corrected chi connectivity index (χ3v) is 4.35. The zero-order chi connectivity index (χ0) is 16.2. The van der Waals surface area contributed by atoms with Crippen molar-refractivity contribution in [2.24, 2.45) is 5.73 Å². The number of nitrogens with zero attached hydrogens (tertiary/aromatic N) is 3. The summed E-state index contributed by atoms with van der Waals surface area (Å²) in [7, 11) is 0. The minimum atomic E-state index is -0.339. The molecule has 6 nitrogen and oxygen atoms in total. The summed E-state index contributed by atoms with van der Waals surface area (Å²) in [6, 6.07) is 7.57. The Bertz CT molecular complexity index is 665. The molecule has 1 aliphatic carbocycles. The first-order chi connectivity index (χ1) is 11.1. The lowest BCUT2D eigenvalue weighted by molar-refractivity contribution is -0.119. The Labute approximate surface area is 139 Å². The predicted octanol–water partition coefficient (Wildman–Crippen LogP) is 2.62. The molecule has 0 aliphatic heterocycles. The van der Waals surface area contributed by atoms with E-state index in [9.17, 15) is 4.79 Å². The number of hydrogen-bond acceptors (Lipinski definition) is 5. The molecule has 1 heterocycles. The highest BCUT2D eigenvalue weighted by Gasteiger charge is 2.25. The van der Waals surface area contributed by atoms with Crippen LogP contribution in [0.5, 0.6) is 0 Å². The van der Waals surface area contributed by atoms with Gasteiger partial charge in [0.25, 0.3) is 0 Å². The van der Waals surface area contributed by atoms with Crippen LogP contribution in [0, 0.1) is 0 Å². The van der Waals surface area contributed by atoms with Gasteiger partial charge in [0.2, 0.25) is 17.7 Å². The van der Waals surface area contributed by atoms with Gasteiger partial charge in [-0.3, -0.25) is 9.69 Å². The van der Waals surface area contributed by atoms with Crippen LogP contribution in [0.15, 0.2) is 28.7 Å². The lowest BCUT2D eigenvalue weighted by Crippen LogP contribution is -2.39. The number of aromatic nitrogens is 2. The second-order valence-electron chi connectivity index (χ2n) is 5.82. The van der Waals surface area contributed by atoms with E-state index in [-0.39, 0.29) is 12.5 Å². The zero-order valence-corrected chi connectivity index (χ0v) is 13.5. The number of halogens is 1. The van der Waals surface area contributed by atoms with Crippen LogP contribution in [-0.4, -0.2) is 33.6 Å². The molecule has 122 valence electrons. The first-order valence-corrected chi connectivity index (χ1v) is 8.10. The second-order valence-corrected chi connectivity index (χ2v) is 6.25. The van der Waals surface area contributed by atoms with Crippen molar-refractivity contribution in [3.05, 3.63) is 35.2 Å². The van der Waals surface area contributed by atoms with Crippen molar-refractivity contribution in [2.75, 3.05) is 6.54 Å². The van der Waals surface area contributed by atoms with Gasteiger partial charge in [-0.25, -0.2) is 0 Å². The smallest absolute Gasteiger partial charge is 0.247 e. The Morgan fingerprint density at radius 2 is 1.96 bits per heavy atom. The highest BCUT2D eigenvalue weighted by atomic mass is 35.5. The van der Waals surface area contributed by atoms with Crippen molar-refractivity contribution in [2.45, 2.75) is 38.3 Å². The number of carbonyl (C=O) groups excluding carboxylic acids is 1. The summed E-state index contributed by atoms with van der Waals surface area (Å²) in [6.07, 6.45) is 4.51. The van der Waals surface area contributed by atoms with Crippen LogP contribution in [0.3, 0.4) is 0 Å². The fourth-order valence-electron chi connectivity index (χ4n) is 2.98. The van der Waals surface area contributed by atoms with Crippen molar-refractivity contribution < 1.29 is 9.21 Å². The number of primary amides is 1. The molecule has 0 unspecified atom stereocenters. The summed E-state index contributed by atoms with van der Waals surface area (Å²) in [4.78, 5) is 13.4. The molecule has 0 bridgehead atoms. The molecule has 1 aromatic heterocycles. The first-order valence-electron chi connectivity index (χ1n) is 7.72. The Kier molecular flexibility index (Phi) is 4.93. The first kappa shape index (κ1) is 16.0. The highest BCUT2D eigenvalue weighted by molar-refractivity contribution is 6.30. The van der Waals surface area contributed by atoms with Gasteiger partial charge in [0, 0.05) is 16.6 Å². The Morgan fingerprint density at radius 1 is 1.26 bits per heavy atom. The molecule has 0 radical (unpaired) electrons. The normalized spacial score (nSPS) is 15.4. The van der Waals surface area contributed by atoms with Crippen molar-refractivity contribution in [1.82, 2.24) is 15.1 Å². The molecule has 3 rings (SSSR count). The van der Waals surface area contributed by atoms with E-state index in [1.165, 1.54) is 12.8 Å². The molecule has 1 aliphatic rings. The van der Waals surface area contributed by atoms with Crippen LogP contribution in [-0.2, 0) is 11.3 Å². The quantitative estimate of drug-likeness (QED) is 0.877. The lowest BCUT2D eigenvalue weighted by atomic mass is 10.2. The molecule has 1 fully saturated rings. The average Bonchev–Trinajstić information content (AvgIpc) is 3.18. The number of rotatable bonds is 6. The fraction of sp³-hybridized carbons (Fsp3) is 0.438. The average molecular weight is 335 g/mol. The van der Waals surface area contributed by atoms with Gasteiger partial charge in [-0.05, 0) is 37.1 Å². The maximum absolute atomic E-state index is 11.3. The molecule has 2 N–H and O–H groups in total. The Morgan fingerprint density at radius 3 is 2.61 bits per heavy atom. The van der Waals surface area contributed by atoms with Gasteiger partial charge in [-0.15, -0.1) is 10.2 Å². The molecule has 1 amide bonds. The van der Waals surface area contributed by atoms with Gasteiger partial charge in [-0.2, -0.15) is 0 Å². The molecule has 1 aromatic carbocycles. The van der Waals surface area contributed by atoms with E-state index in [4.69, 9.17) is 21.8 Å². The monoisotopic (exact) mass is 334 g/mol. The van der Waals surface area contributed by atoms with Crippen molar-refractivity contribution >= 4 is 17.5 Å². The van der Waals surface area contributed by atoms with E-state index in [1.54, 1.807) is 12.1 Å². The highest BCUT2D eigenvalue weighted by Crippen LogP contribution is 2.25. The Hall–Kier alpha value is -1.92. The van der Waals surface area contributed by atoms with Gasteiger partial charge in [-0.1, -0.05) is 24.4 Å². The third-order valence-electron chi connectivity index (χ3n) is 4.10. The number of hydrogen-bond donors (Lipinski definition) is 1. The molecule has 23 heavy (non-hydrogen) atoms. The zero-order valence-electron chi connectivity index (χ0n) is 12.7. The van der Waals surface area contributed by atoms with Crippen molar-refractivity contribution in [1.29, 1.82) is 0 Å². The molecular weight excluding hydrogens is 316 g/mol. The minimum absolute atomic E-state index is 0.212. The number of nitrogens with two attached hydrogens (primary N) is 1. The molecule has 0 spiro atoms. The summed E-state index contributed by atoms with van der Waals surface area (Å²) in [5.41, 5.74) is 6.18. The summed E-state index contributed by atoms with van der Waals surface area (Å²) < 4.78 is 5.72. The molecule has 2 aromatic rings. The maximum atomic E-state index is 11.3. The predicted molar refractivity (Wildman–Crippen MR) is 86.6 cm³/mol. The van der Waals surface area contributed by atoms with Crippen LogP contribution >= 0.6 is 11.6 Å². The fourth-order valence-corrected chi connectivity index (χ4v) is 3.11. The summed E-state index contributed by atoms with van der Waals surface area (Å²) in [5.74, 6) is 0.597. The van der Waals surface area contributed by atoms with E-state index < -0.39 is 0 Å². The van der Waals surface area contributed by atoms with E-state index in [0.29, 0.717) is 29.4 Å². The van der Waals surface area contributed by atoms with E-state index in [2.05, 4.69) is 10.2 Å². The number of carbonyl (C=O) groups is 1. The van der Waals surface area contributed by atoms with Gasteiger partial charge in [0.1, 0.15) is 0 Å². The van der Waals surface area contributed by atoms with Crippen LogP contribution in [0.4, 0.5) is 0 Å². The van der Waals surface area contributed by atoms with Crippen LogP contribution in [0.25, 0.3) is 11.5 Å². The Balaban J connectivity index is 1.73. The van der Waals surface area contributed by atoms with Crippen LogP contribution in [0.2, 0.25) is 5.02 Å². The molecule has 0 atom stereocenters. The van der Waals surface area contributed by atoms with E-state index in [1.807, 2.05) is 17.0 Å². The standard InChI is InChI=1S/C16H19ClN4O2/c17-12-7-5-11(6-8-12)16-20-19-15(23-16)10-21(9-14(18)22)13-3-1-2-4-13/h5-8,13H,1-4,9-10H2,(H2,18,22). The van der Waals surface area contributed by atoms with Crippen molar-refractivity contribution in [3.63, 3.8) is 0 Å². The maximum Gasteiger partial charge on any atom is 0.247 e. The van der Waals surface area contributed by atoms with Gasteiger partial charge in [0.05, 0.1) is 13.1 Å². The summed E-state index contributed by atoms with van der Waals surface area (Å²) in [5, 5.41) is 8.82. The number of benzene rings is 1. The van der Waals surface area contributed by atoms with Gasteiger partial charge >= 0.3 is 0 Å². The van der Waals surface area contributed by atoms with Gasteiger partial charge < -0.3 is 10.2 Å². The molecule has 1 saturated carbocycles. The molecule has 7 heteroatoms. The lowest BCUT2D eigenvalue weighted by Gasteiger charge is -2.25. The minimum Gasteiger partial charge on any atom is -0.419 e. The topological polar surface area (TPSA) is 85.3 Å². The van der Waals surface area contributed by atoms with Crippen LogP contribution in [0.1, 0.15) is 31.6 Å². The SMILES string of the molecule is NC(=O)CN(Cc1nnc(-c2ccc(Cl)cc2)o1)C1CCCC1. The summed E-state index contributed by atoms with van der Waals surface area (Å²) in [6.45, 7) is 0.650. The third kappa shape index (κ3) is 4.09. The summed E-state index contributed by atoms with van der Waals surface area (Å²) >= 11 is 5.88. The number of amides is 1. The van der Waals surface area contributed by atoms with Crippen molar-refractivity contribution in [3.8, 4) is 11.5 Å².